The van der Waals surface area contributed by atoms with E-state index in [1.54, 1.807) is 56.5 Å². The van der Waals surface area contributed by atoms with Crippen molar-refractivity contribution in [2.75, 3.05) is 17.7 Å². The van der Waals surface area contributed by atoms with Gasteiger partial charge in [-0.2, -0.15) is 5.10 Å². The smallest absolute Gasteiger partial charge is 0.329 e. The van der Waals surface area contributed by atoms with Crippen molar-refractivity contribution in [3.8, 4) is 11.5 Å². The number of amides is 3. The molecule has 9 heteroatoms. The number of aryl methyl sites for hydroxylation is 1. The molecule has 36 heavy (non-hydrogen) atoms. The predicted molar refractivity (Wildman–Crippen MR) is 138 cm³/mol. The van der Waals surface area contributed by atoms with Crippen LogP contribution >= 0.6 is 0 Å². The van der Waals surface area contributed by atoms with Gasteiger partial charge in [0.1, 0.15) is 6.61 Å². The third-order valence-electron chi connectivity index (χ3n) is 5.22. The lowest BCUT2D eigenvalue weighted by Crippen LogP contribution is -2.32. The van der Waals surface area contributed by atoms with Crippen LogP contribution in [0.5, 0.6) is 11.5 Å². The van der Waals surface area contributed by atoms with Crippen molar-refractivity contribution in [2.24, 2.45) is 5.10 Å². The number of hydrazone groups is 1. The van der Waals surface area contributed by atoms with Crippen molar-refractivity contribution in [1.29, 1.82) is 0 Å². The highest BCUT2D eigenvalue weighted by atomic mass is 16.5. The summed E-state index contributed by atoms with van der Waals surface area (Å²) < 4.78 is 11.4. The van der Waals surface area contributed by atoms with Crippen LogP contribution in [0.4, 0.5) is 11.4 Å². The van der Waals surface area contributed by atoms with Gasteiger partial charge in [-0.15, -0.1) is 0 Å². The normalized spacial score (nSPS) is 10.8. The van der Waals surface area contributed by atoms with Crippen LogP contribution in [0.15, 0.2) is 71.8 Å². The summed E-state index contributed by atoms with van der Waals surface area (Å²) in [6.45, 7) is 5.52. The van der Waals surface area contributed by atoms with Crippen molar-refractivity contribution < 1.29 is 23.9 Å². The molecule has 9 nitrogen and oxygen atoms in total. The van der Waals surface area contributed by atoms with Gasteiger partial charge in [-0.25, -0.2) is 5.43 Å². The highest BCUT2D eigenvalue weighted by molar-refractivity contribution is 6.39. The molecule has 0 aliphatic rings. The molecular weight excluding hydrogens is 460 g/mol. The minimum absolute atomic E-state index is 0.207. The zero-order valence-corrected chi connectivity index (χ0v) is 20.5. The zero-order chi connectivity index (χ0) is 26.1. The Hall–Kier alpha value is -4.66. The van der Waals surface area contributed by atoms with Gasteiger partial charge in [0.2, 0.25) is 5.91 Å². The number of carbonyl (C=O) groups is 3. The molecule has 0 aliphatic heterocycles. The Bertz CT molecular complexity index is 1290. The van der Waals surface area contributed by atoms with Crippen molar-refractivity contribution >= 4 is 34.8 Å². The lowest BCUT2D eigenvalue weighted by molar-refractivity contribution is -0.136. The molecule has 0 unspecified atom stereocenters. The SMILES string of the molecule is COc1cc(/C(C)=N/NC(=O)C(=O)Nc2ccc(NC(C)=O)cc2)ccc1OCc1ccccc1C. The summed E-state index contributed by atoms with van der Waals surface area (Å²) in [6, 6.07) is 19.6. The maximum Gasteiger partial charge on any atom is 0.329 e. The van der Waals surface area contributed by atoms with Crippen molar-refractivity contribution in [1.82, 2.24) is 5.43 Å². The molecule has 0 bridgehead atoms. The molecule has 3 aromatic rings. The number of hydrogen-bond donors (Lipinski definition) is 3. The number of benzene rings is 3. The van der Waals surface area contributed by atoms with Crippen LogP contribution in [0.1, 0.15) is 30.5 Å². The molecule has 3 N–H and O–H groups in total. The first-order valence-corrected chi connectivity index (χ1v) is 11.2. The van der Waals surface area contributed by atoms with E-state index < -0.39 is 11.8 Å². The second kappa shape index (κ2) is 12.2. The first kappa shape index (κ1) is 26.0. The molecule has 0 spiro atoms. The molecule has 0 aromatic heterocycles. The molecule has 0 fully saturated rings. The molecule has 0 aliphatic carbocycles. The Morgan fingerprint density at radius 2 is 1.50 bits per heavy atom. The predicted octanol–water partition coefficient (Wildman–Crippen LogP) is 4.02. The minimum Gasteiger partial charge on any atom is -0.493 e. The highest BCUT2D eigenvalue weighted by Crippen LogP contribution is 2.29. The zero-order valence-electron chi connectivity index (χ0n) is 20.5. The number of anilines is 2. The van der Waals surface area contributed by atoms with Gasteiger partial charge < -0.3 is 20.1 Å². The van der Waals surface area contributed by atoms with E-state index in [1.165, 1.54) is 6.92 Å². The van der Waals surface area contributed by atoms with Crippen molar-refractivity contribution in [3.05, 3.63) is 83.4 Å². The average Bonchev–Trinajstić information content (AvgIpc) is 2.87. The van der Waals surface area contributed by atoms with Gasteiger partial charge in [0.25, 0.3) is 0 Å². The third-order valence-corrected chi connectivity index (χ3v) is 5.22. The third kappa shape index (κ3) is 7.17. The van der Waals surface area contributed by atoms with Gasteiger partial charge in [-0.05, 0) is 67.4 Å². The summed E-state index contributed by atoms with van der Waals surface area (Å²) in [7, 11) is 1.54. The van der Waals surface area contributed by atoms with Crippen LogP contribution < -0.4 is 25.5 Å². The summed E-state index contributed by atoms with van der Waals surface area (Å²) in [5.74, 6) is -0.920. The van der Waals surface area contributed by atoms with Crippen molar-refractivity contribution in [3.63, 3.8) is 0 Å². The van der Waals surface area contributed by atoms with Crippen LogP contribution in [0, 0.1) is 6.92 Å². The second-order valence-electron chi connectivity index (χ2n) is 7.93. The number of carbonyl (C=O) groups excluding carboxylic acids is 3. The van der Waals surface area contributed by atoms with Crippen molar-refractivity contribution in [2.45, 2.75) is 27.4 Å². The van der Waals surface area contributed by atoms with Gasteiger partial charge in [-0.3, -0.25) is 14.4 Å². The number of ether oxygens (including phenoxy) is 2. The molecule has 0 heterocycles. The standard InChI is InChI=1S/C27H28N4O5/c1-17-7-5-6-8-21(17)16-36-24-14-9-20(15-25(24)35-4)18(2)30-31-27(34)26(33)29-23-12-10-22(11-13-23)28-19(3)32/h5-15H,16H2,1-4H3,(H,28,32)(H,29,33)(H,31,34)/b30-18+. The van der Waals surface area contributed by atoms with E-state index in [9.17, 15) is 14.4 Å². The molecule has 0 saturated heterocycles. The monoisotopic (exact) mass is 488 g/mol. The molecule has 3 rings (SSSR count). The summed E-state index contributed by atoms with van der Waals surface area (Å²) in [4.78, 5) is 35.5. The number of nitrogens with zero attached hydrogens (tertiary/aromatic N) is 1. The van der Waals surface area contributed by atoms with E-state index in [0.29, 0.717) is 40.8 Å². The first-order valence-electron chi connectivity index (χ1n) is 11.2. The van der Waals surface area contributed by atoms with E-state index in [2.05, 4.69) is 21.2 Å². The van der Waals surface area contributed by atoms with E-state index in [1.807, 2.05) is 31.2 Å². The maximum atomic E-state index is 12.2. The van der Waals surface area contributed by atoms with Gasteiger partial charge >= 0.3 is 11.8 Å². The van der Waals surface area contributed by atoms with E-state index in [4.69, 9.17) is 9.47 Å². The topological polar surface area (TPSA) is 118 Å². The Morgan fingerprint density at radius 1 is 0.833 bits per heavy atom. The second-order valence-corrected chi connectivity index (χ2v) is 7.93. The molecule has 3 amide bonds. The summed E-state index contributed by atoms with van der Waals surface area (Å²) >= 11 is 0. The molecule has 0 saturated carbocycles. The Labute approximate surface area is 209 Å². The quantitative estimate of drug-likeness (QED) is 0.251. The maximum absolute atomic E-state index is 12.2. The fourth-order valence-electron chi connectivity index (χ4n) is 3.22. The molecule has 3 aromatic carbocycles. The van der Waals surface area contributed by atoms with Crippen LogP contribution in [0.2, 0.25) is 0 Å². The van der Waals surface area contributed by atoms with Gasteiger partial charge in [-0.1, -0.05) is 24.3 Å². The molecular formula is C27H28N4O5. The fourth-order valence-corrected chi connectivity index (χ4v) is 3.22. The Morgan fingerprint density at radius 3 is 2.14 bits per heavy atom. The molecule has 186 valence electrons. The molecule has 0 radical (unpaired) electrons. The Kier molecular flexibility index (Phi) is 8.77. The van der Waals surface area contributed by atoms with Crippen LogP contribution in [0.3, 0.4) is 0 Å². The largest absolute Gasteiger partial charge is 0.493 e. The number of nitrogens with one attached hydrogen (secondary N) is 3. The lowest BCUT2D eigenvalue weighted by atomic mass is 10.1. The van der Waals surface area contributed by atoms with Crippen LogP contribution in [0.25, 0.3) is 0 Å². The summed E-state index contributed by atoms with van der Waals surface area (Å²) in [6.07, 6.45) is 0. The first-order chi connectivity index (χ1) is 17.3. The van der Waals surface area contributed by atoms with Crippen LogP contribution in [-0.4, -0.2) is 30.5 Å². The van der Waals surface area contributed by atoms with Gasteiger partial charge in [0.15, 0.2) is 11.5 Å². The van der Waals surface area contributed by atoms with E-state index in [0.717, 1.165) is 11.1 Å². The van der Waals surface area contributed by atoms with Gasteiger partial charge in [0, 0.05) is 23.9 Å². The van der Waals surface area contributed by atoms with Crippen LogP contribution in [-0.2, 0) is 21.0 Å². The number of hydrogen-bond acceptors (Lipinski definition) is 6. The summed E-state index contributed by atoms with van der Waals surface area (Å²) in [5, 5.41) is 9.12. The highest BCUT2D eigenvalue weighted by Gasteiger charge is 2.14. The lowest BCUT2D eigenvalue weighted by Gasteiger charge is -2.13. The number of rotatable bonds is 8. The Balaban J connectivity index is 1.59. The minimum atomic E-state index is -0.926. The fraction of sp³-hybridized carbons (Fsp3) is 0.185. The number of methoxy groups -OCH3 is 1. The summed E-state index contributed by atoms with van der Waals surface area (Å²) in [5.41, 5.74) is 6.59. The average molecular weight is 489 g/mol. The van der Waals surface area contributed by atoms with E-state index >= 15 is 0 Å². The van der Waals surface area contributed by atoms with E-state index in [-0.39, 0.29) is 5.91 Å². The molecule has 0 atom stereocenters. The van der Waals surface area contributed by atoms with Gasteiger partial charge in [0.05, 0.1) is 12.8 Å².